The molecule has 1 heterocycles. The molecule has 0 unspecified atom stereocenters. The van der Waals surface area contributed by atoms with Crippen molar-refractivity contribution in [3.8, 4) is 11.6 Å². The van der Waals surface area contributed by atoms with Gasteiger partial charge < -0.3 is 10.1 Å². The zero-order valence-electron chi connectivity index (χ0n) is 13.6. The summed E-state index contributed by atoms with van der Waals surface area (Å²) in [7, 11) is 0. The first-order valence-electron chi connectivity index (χ1n) is 7.74. The molecule has 0 saturated carbocycles. The zero-order valence-corrected chi connectivity index (χ0v) is 13.6. The van der Waals surface area contributed by atoms with Gasteiger partial charge in [-0.1, -0.05) is 30.3 Å². The topological polar surface area (TPSA) is 68.3 Å². The van der Waals surface area contributed by atoms with E-state index >= 15 is 0 Å². The maximum atomic E-state index is 12.6. The Morgan fingerprint density at radius 1 is 0.960 bits per heavy atom. The number of nitrogens with zero attached hydrogens (tertiary/aromatic N) is 1. The minimum absolute atomic E-state index is 0.0643. The normalized spacial score (nSPS) is 10.1. The summed E-state index contributed by atoms with van der Waals surface area (Å²) in [4.78, 5) is 28.2. The number of benzene rings is 2. The Labute approximate surface area is 145 Å². The lowest BCUT2D eigenvalue weighted by Gasteiger charge is -2.10. The number of amides is 1. The fraction of sp³-hybridized carbons (Fsp3) is 0.0500. The smallest absolute Gasteiger partial charge is 0.261 e. The Hall–Kier alpha value is -3.47. The molecule has 25 heavy (non-hydrogen) atoms. The number of hydrogen-bond acceptors (Lipinski definition) is 4. The molecule has 1 N–H and O–H groups in total. The van der Waals surface area contributed by atoms with Gasteiger partial charge in [-0.3, -0.25) is 9.59 Å². The summed E-state index contributed by atoms with van der Waals surface area (Å²) < 4.78 is 5.70. The SMILES string of the molecule is CC(=O)c1cccc(NC(=O)c2cccnc2Oc2ccccc2)c1. The molecule has 2 aromatic carbocycles. The van der Waals surface area contributed by atoms with E-state index < -0.39 is 0 Å². The quantitative estimate of drug-likeness (QED) is 0.706. The molecular formula is C20H16N2O3. The number of aromatic nitrogens is 1. The number of pyridine rings is 1. The fourth-order valence-electron chi connectivity index (χ4n) is 2.26. The number of carbonyl (C=O) groups excluding carboxylic acids is 2. The number of anilines is 1. The van der Waals surface area contributed by atoms with Crippen LogP contribution in [0.4, 0.5) is 5.69 Å². The number of ether oxygens (including phenoxy) is 1. The van der Waals surface area contributed by atoms with E-state index in [1.165, 1.54) is 6.92 Å². The van der Waals surface area contributed by atoms with Crippen LogP contribution in [0.5, 0.6) is 11.6 Å². The van der Waals surface area contributed by atoms with Gasteiger partial charge in [-0.15, -0.1) is 0 Å². The van der Waals surface area contributed by atoms with Gasteiger partial charge in [0.15, 0.2) is 5.78 Å². The molecule has 0 atom stereocenters. The summed E-state index contributed by atoms with van der Waals surface area (Å²) in [6.07, 6.45) is 1.56. The van der Waals surface area contributed by atoms with Crippen LogP contribution in [0.15, 0.2) is 72.9 Å². The Morgan fingerprint density at radius 2 is 1.76 bits per heavy atom. The molecule has 124 valence electrons. The van der Waals surface area contributed by atoms with Crippen molar-refractivity contribution in [1.82, 2.24) is 4.98 Å². The molecule has 1 amide bonds. The first kappa shape index (κ1) is 16.4. The fourth-order valence-corrected chi connectivity index (χ4v) is 2.26. The average molecular weight is 332 g/mol. The van der Waals surface area contributed by atoms with Gasteiger partial charge in [0.2, 0.25) is 5.88 Å². The molecule has 0 radical (unpaired) electrons. The second kappa shape index (κ2) is 7.40. The van der Waals surface area contributed by atoms with Crippen LogP contribution in [0, 0.1) is 0 Å². The molecule has 5 nitrogen and oxygen atoms in total. The van der Waals surface area contributed by atoms with Gasteiger partial charge in [-0.05, 0) is 43.3 Å². The largest absolute Gasteiger partial charge is 0.438 e. The molecular weight excluding hydrogens is 316 g/mol. The highest BCUT2D eigenvalue weighted by molar-refractivity contribution is 6.06. The second-order valence-corrected chi connectivity index (χ2v) is 5.36. The molecule has 1 aromatic heterocycles. The van der Waals surface area contributed by atoms with Gasteiger partial charge in [0, 0.05) is 17.4 Å². The summed E-state index contributed by atoms with van der Waals surface area (Å²) >= 11 is 0. The van der Waals surface area contributed by atoms with E-state index in [1.54, 1.807) is 54.7 Å². The highest BCUT2D eigenvalue weighted by Crippen LogP contribution is 2.23. The molecule has 3 rings (SSSR count). The van der Waals surface area contributed by atoms with Crippen LogP contribution in [0.2, 0.25) is 0 Å². The lowest BCUT2D eigenvalue weighted by atomic mass is 10.1. The predicted molar refractivity (Wildman–Crippen MR) is 95.2 cm³/mol. The minimum atomic E-state index is -0.361. The van der Waals surface area contributed by atoms with Crippen molar-refractivity contribution in [2.24, 2.45) is 0 Å². The molecule has 0 saturated heterocycles. The maximum absolute atomic E-state index is 12.6. The average Bonchev–Trinajstić information content (AvgIpc) is 2.63. The number of hydrogen-bond donors (Lipinski definition) is 1. The van der Waals surface area contributed by atoms with Gasteiger partial charge in [-0.25, -0.2) is 4.98 Å². The minimum Gasteiger partial charge on any atom is -0.438 e. The Kier molecular flexibility index (Phi) is 4.85. The number of carbonyl (C=O) groups is 2. The van der Waals surface area contributed by atoms with Crippen molar-refractivity contribution in [3.63, 3.8) is 0 Å². The molecule has 0 aliphatic carbocycles. The standard InChI is InChI=1S/C20H16N2O3/c1-14(23)15-7-5-8-16(13-15)22-19(24)18-11-6-12-21-20(18)25-17-9-3-2-4-10-17/h2-13H,1H3,(H,22,24). The van der Waals surface area contributed by atoms with Crippen molar-refractivity contribution in [1.29, 1.82) is 0 Å². The first-order valence-corrected chi connectivity index (χ1v) is 7.74. The van der Waals surface area contributed by atoms with E-state index in [0.29, 0.717) is 22.6 Å². The maximum Gasteiger partial charge on any atom is 0.261 e. The van der Waals surface area contributed by atoms with Crippen molar-refractivity contribution < 1.29 is 14.3 Å². The third kappa shape index (κ3) is 4.09. The summed E-state index contributed by atoms with van der Waals surface area (Å²) in [5.41, 5.74) is 1.37. The van der Waals surface area contributed by atoms with Gasteiger partial charge in [0.05, 0.1) is 0 Å². The van der Waals surface area contributed by atoms with Crippen LogP contribution in [0.3, 0.4) is 0 Å². The van der Waals surface area contributed by atoms with Gasteiger partial charge in [-0.2, -0.15) is 0 Å². The summed E-state index contributed by atoms with van der Waals surface area (Å²) in [5, 5.41) is 2.77. The van der Waals surface area contributed by atoms with E-state index in [0.717, 1.165) is 0 Å². The van der Waals surface area contributed by atoms with Crippen LogP contribution in [0.1, 0.15) is 27.6 Å². The first-order chi connectivity index (χ1) is 12.1. The molecule has 0 aliphatic rings. The van der Waals surface area contributed by atoms with Crippen LogP contribution in [0.25, 0.3) is 0 Å². The molecule has 5 heteroatoms. The van der Waals surface area contributed by atoms with Crippen LogP contribution in [-0.2, 0) is 0 Å². The number of nitrogens with one attached hydrogen (secondary N) is 1. The Morgan fingerprint density at radius 3 is 2.52 bits per heavy atom. The van der Waals surface area contributed by atoms with E-state index in [4.69, 9.17) is 4.74 Å². The van der Waals surface area contributed by atoms with Crippen LogP contribution >= 0.6 is 0 Å². The lowest BCUT2D eigenvalue weighted by Crippen LogP contribution is -2.14. The van der Waals surface area contributed by atoms with Gasteiger partial charge >= 0.3 is 0 Å². The molecule has 0 bridgehead atoms. The Bertz CT molecular complexity index is 908. The van der Waals surface area contributed by atoms with Crippen LogP contribution < -0.4 is 10.1 Å². The van der Waals surface area contributed by atoms with Gasteiger partial charge in [0.1, 0.15) is 11.3 Å². The highest BCUT2D eigenvalue weighted by Gasteiger charge is 2.15. The highest BCUT2D eigenvalue weighted by atomic mass is 16.5. The van der Waals surface area contributed by atoms with E-state index in [1.807, 2.05) is 18.2 Å². The van der Waals surface area contributed by atoms with Crippen molar-refractivity contribution in [2.75, 3.05) is 5.32 Å². The molecule has 3 aromatic rings. The monoisotopic (exact) mass is 332 g/mol. The second-order valence-electron chi connectivity index (χ2n) is 5.36. The number of para-hydroxylation sites is 1. The van der Waals surface area contributed by atoms with Gasteiger partial charge in [0.25, 0.3) is 5.91 Å². The predicted octanol–water partition coefficient (Wildman–Crippen LogP) is 4.33. The van der Waals surface area contributed by atoms with E-state index in [-0.39, 0.29) is 17.6 Å². The lowest BCUT2D eigenvalue weighted by molar-refractivity contribution is 0.101. The van der Waals surface area contributed by atoms with E-state index in [2.05, 4.69) is 10.3 Å². The third-order valence-corrected chi connectivity index (χ3v) is 3.50. The number of Topliss-reactive ketones (excluding diaryl/α,β-unsaturated/α-hetero) is 1. The molecule has 0 spiro atoms. The third-order valence-electron chi connectivity index (χ3n) is 3.50. The molecule has 0 fully saturated rings. The van der Waals surface area contributed by atoms with Crippen molar-refractivity contribution in [3.05, 3.63) is 84.1 Å². The number of ketones is 1. The molecule has 0 aliphatic heterocycles. The Balaban J connectivity index is 1.83. The zero-order chi connectivity index (χ0) is 17.6. The summed E-state index contributed by atoms with van der Waals surface area (Å²) in [6.45, 7) is 1.48. The van der Waals surface area contributed by atoms with Crippen molar-refractivity contribution in [2.45, 2.75) is 6.92 Å². The summed E-state index contributed by atoms with van der Waals surface area (Å²) in [6, 6.07) is 19.2. The van der Waals surface area contributed by atoms with Crippen molar-refractivity contribution >= 4 is 17.4 Å². The number of rotatable bonds is 5. The van der Waals surface area contributed by atoms with Crippen LogP contribution in [-0.4, -0.2) is 16.7 Å². The van der Waals surface area contributed by atoms with E-state index in [9.17, 15) is 9.59 Å². The summed E-state index contributed by atoms with van der Waals surface area (Å²) in [5.74, 6) is 0.382.